The largest absolute Gasteiger partial charge is 0.457 e. The number of nitrogens with zero attached hydrogens (tertiary/aromatic N) is 2. The van der Waals surface area contributed by atoms with Gasteiger partial charge in [-0.1, -0.05) is 30.3 Å². The minimum atomic E-state index is -0.597. The molecule has 0 saturated carbocycles. The molecule has 0 spiro atoms. The second-order valence-corrected chi connectivity index (χ2v) is 6.82. The van der Waals surface area contributed by atoms with Gasteiger partial charge < -0.3 is 19.3 Å². The molecular formula is C23H24N2O5. The fraction of sp³-hybridized carbons (Fsp3) is 0.261. The molecule has 2 aromatic carbocycles. The molecule has 2 aromatic rings. The first kappa shape index (κ1) is 21.1. The van der Waals surface area contributed by atoms with E-state index in [-0.39, 0.29) is 18.4 Å². The summed E-state index contributed by atoms with van der Waals surface area (Å²) >= 11 is 0. The van der Waals surface area contributed by atoms with E-state index in [1.54, 1.807) is 21.9 Å². The molecule has 7 nitrogen and oxygen atoms in total. The molecule has 0 radical (unpaired) electrons. The summed E-state index contributed by atoms with van der Waals surface area (Å²) in [4.78, 5) is 38.7. The standard InChI is InChI=1S/C23H24N2O5/c1-18(26)24-12-14-25(15-13-24)22(27)17-29-23(28)11-10-19-6-5-9-21(16-19)30-20-7-3-2-4-8-20/h2-11,16H,12-15,17H2,1H3/b11-10+. The van der Waals surface area contributed by atoms with Crippen molar-refractivity contribution in [3.05, 3.63) is 66.2 Å². The average Bonchev–Trinajstić information content (AvgIpc) is 2.77. The zero-order valence-corrected chi connectivity index (χ0v) is 16.8. The smallest absolute Gasteiger partial charge is 0.331 e. The summed E-state index contributed by atoms with van der Waals surface area (Å²) in [6, 6.07) is 16.7. The van der Waals surface area contributed by atoms with Crippen LogP contribution in [-0.2, 0) is 19.1 Å². The van der Waals surface area contributed by atoms with Crippen molar-refractivity contribution in [3.63, 3.8) is 0 Å². The number of carbonyl (C=O) groups is 3. The van der Waals surface area contributed by atoms with Gasteiger partial charge in [-0.05, 0) is 35.9 Å². The van der Waals surface area contributed by atoms with Crippen LogP contribution in [0.4, 0.5) is 0 Å². The van der Waals surface area contributed by atoms with E-state index in [1.165, 1.54) is 13.0 Å². The molecule has 0 atom stereocenters. The number of para-hydroxylation sites is 1. The van der Waals surface area contributed by atoms with Gasteiger partial charge in [0.15, 0.2) is 6.61 Å². The van der Waals surface area contributed by atoms with E-state index in [4.69, 9.17) is 9.47 Å². The van der Waals surface area contributed by atoms with Crippen LogP contribution in [0.2, 0.25) is 0 Å². The fourth-order valence-electron chi connectivity index (χ4n) is 3.01. The highest BCUT2D eigenvalue weighted by Gasteiger charge is 2.22. The summed E-state index contributed by atoms with van der Waals surface area (Å²) in [5.74, 6) is 0.507. The Kier molecular flexibility index (Phi) is 7.21. The fourth-order valence-corrected chi connectivity index (χ4v) is 3.01. The number of amides is 2. The van der Waals surface area contributed by atoms with E-state index < -0.39 is 5.97 Å². The van der Waals surface area contributed by atoms with Gasteiger partial charge in [0.25, 0.3) is 5.91 Å². The number of benzene rings is 2. The molecule has 0 N–H and O–H groups in total. The highest BCUT2D eigenvalue weighted by atomic mass is 16.5. The van der Waals surface area contributed by atoms with Gasteiger partial charge in [-0.25, -0.2) is 4.79 Å². The van der Waals surface area contributed by atoms with Crippen molar-refractivity contribution < 1.29 is 23.9 Å². The Balaban J connectivity index is 1.46. The predicted octanol–water partition coefficient (Wildman–Crippen LogP) is 2.73. The van der Waals surface area contributed by atoms with Crippen molar-refractivity contribution in [1.82, 2.24) is 9.80 Å². The maximum absolute atomic E-state index is 12.2. The lowest BCUT2D eigenvalue weighted by Crippen LogP contribution is -2.51. The minimum Gasteiger partial charge on any atom is -0.457 e. The normalized spacial score (nSPS) is 13.9. The maximum Gasteiger partial charge on any atom is 0.331 e. The highest BCUT2D eigenvalue weighted by molar-refractivity contribution is 5.89. The zero-order chi connectivity index (χ0) is 21.3. The van der Waals surface area contributed by atoms with Crippen molar-refractivity contribution in [2.45, 2.75) is 6.92 Å². The van der Waals surface area contributed by atoms with Gasteiger partial charge in [-0.3, -0.25) is 9.59 Å². The van der Waals surface area contributed by atoms with E-state index >= 15 is 0 Å². The Morgan fingerprint density at radius 3 is 2.27 bits per heavy atom. The molecular weight excluding hydrogens is 384 g/mol. The third-order valence-electron chi connectivity index (χ3n) is 4.66. The number of carbonyl (C=O) groups excluding carboxylic acids is 3. The van der Waals surface area contributed by atoms with Crippen molar-refractivity contribution in [3.8, 4) is 11.5 Å². The summed E-state index contributed by atoms with van der Waals surface area (Å²) in [5.41, 5.74) is 0.770. The van der Waals surface area contributed by atoms with Crippen LogP contribution in [0, 0.1) is 0 Å². The minimum absolute atomic E-state index is 0.00287. The van der Waals surface area contributed by atoms with Crippen molar-refractivity contribution >= 4 is 23.9 Å². The first-order valence-electron chi connectivity index (χ1n) is 9.72. The lowest BCUT2D eigenvalue weighted by atomic mass is 10.2. The molecule has 0 aromatic heterocycles. The van der Waals surface area contributed by atoms with Crippen LogP contribution < -0.4 is 4.74 Å². The summed E-state index contributed by atoms with van der Waals surface area (Å²) in [5, 5.41) is 0. The zero-order valence-electron chi connectivity index (χ0n) is 16.8. The molecule has 0 unspecified atom stereocenters. The molecule has 0 bridgehead atoms. The van der Waals surface area contributed by atoms with Gasteiger partial charge in [0, 0.05) is 39.2 Å². The van der Waals surface area contributed by atoms with Crippen LogP contribution in [0.5, 0.6) is 11.5 Å². The molecule has 1 aliphatic heterocycles. The molecule has 1 heterocycles. The Morgan fingerprint density at radius 2 is 1.57 bits per heavy atom. The van der Waals surface area contributed by atoms with Crippen LogP contribution in [0.1, 0.15) is 12.5 Å². The van der Waals surface area contributed by atoms with Gasteiger partial charge in [-0.15, -0.1) is 0 Å². The molecule has 7 heteroatoms. The van der Waals surface area contributed by atoms with E-state index in [0.717, 1.165) is 11.3 Å². The van der Waals surface area contributed by atoms with Crippen molar-refractivity contribution in [2.75, 3.05) is 32.8 Å². The highest BCUT2D eigenvalue weighted by Crippen LogP contribution is 2.22. The SMILES string of the molecule is CC(=O)N1CCN(C(=O)COC(=O)/C=C/c2cccc(Oc3ccccc3)c2)CC1. The molecule has 0 aliphatic carbocycles. The molecule has 156 valence electrons. The number of hydrogen-bond donors (Lipinski definition) is 0. The molecule has 1 aliphatic rings. The Labute approximate surface area is 175 Å². The van der Waals surface area contributed by atoms with E-state index in [1.807, 2.05) is 48.5 Å². The van der Waals surface area contributed by atoms with E-state index in [0.29, 0.717) is 31.9 Å². The monoisotopic (exact) mass is 408 g/mol. The summed E-state index contributed by atoms with van der Waals surface area (Å²) < 4.78 is 10.8. The van der Waals surface area contributed by atoms with E-state index in [9.17, 15) is 14.4 Å². The summed E-state index contributed by atoms with van der Waals surface area (Å²) in [6.45, 7) is 3.07. The maximum atomic E-state index is 12.2. The number of hydrogen-bond acceptors (Lipinski definition) is 5. The van der Waals surface area contributed by atoms with Crippen LogP contribution in [0.15, 0.2) is 60.7 Å². The first-order chi connectivity index (χ1) is 14.5. The summed E-state index contributed by atoms with van der Waals surface area (Å²) in [6.07, 6.45) is 2.89. The number of rotatable bonds is 6. The van der Waals surface area contributed by atoms with Crippen LogP contribution >= 0.6 is 0 Å². The summed E-state index contributed by atoms with van der Waals surface area (Å²) in [7, 11) is 0. The first-order valence-corrected chi connectivity index (χ1v) is 9.72. The van der Waals surface area contributed by atoms with Gasteiger partial charge in [0.2, 0.25) is 5.91 Å². The topological polar surface area (TPSA) is 76.2 Å². The van der Waals surface area contributed by atoms with E-state index in [2.05, 4.69) is 0 Å². The van der Waals surface area contributed by atoms with Gasteiger partial charge in [0.1, 0.15) is 11.5 Å². The number of esters is 1. The van der Waals surface area contributed by atoms with Gasteiger partial charge in [0.05, 0.1) is 0 Å². The van der Waals surface area contributed by atoms with Gasteiger partial charge >= 0.3 is 5.97 Å². The number of ether oxygens (including phenoxy) is 2. The Hall–Kier alpha value is -3.61. The lowest BCUT2D eigenvalue weighted by molar-refractivity contribution is -0.149. The van der Waals surface area contributed by atoms with Crippen LogP contribution in [-0.4, -0.2) is 60.4 Å². The quantitative estimate of drug-likeness (QED) is 0.543. The molecule has 3 rings (SSSR count). The van der Waals surface area contributed by atoms with Gasteiger partial charge in [-0.2, -0.15) is 0 Å². The lowest BCUT2D eigenvalue weighted by Gasteiger charge is -2.34. The second-order valence-electron chi connectivity index (χ2n) is 6.82. The molecule has 1 fully saturated rings. The van der Waals surface area contributed by atoms with Crippen LogP contribution in [0.25, 0.3) is 6.08 Å². The molecule has 30 heavy (non-hydrogen) atoms. The molecule has 1 saturated heterocycles. The second kappa shape index (κ2) is 10.2. The van der Waals surface area contributed by atoms with Crippen molar-refractivity contribution in [1.29, 1.82) is 0 Å². The Bertz CT molecular complexity index is 918. The average molecular weight is 408 g/mol. The van der Waals surface area contributed by atoms with Crippen molar-refractivity contribution in [2.24, 2.45) is 0 Å². The number of piperazine rings is 1. The Morgan fingerprint density at radius 1 is 0.900 bits per heavy atom. The van der Waals surface area contributed by atoms with Crippen LogP contribution in [0.3, 0.4) is 0 Å². The third kappa shape index (κ3) is 6.20. The molecule has 2 amide bonds. The third-order valence-corrected chi connectivity index (χ3v) is 4.66. The predicted molar refractivity (Wildman–Crippen MR) is 112 cm³/mol.